The molecule has 0 radical (unpaired) electrons. The van der Waals surface area contributed by atoms with Crippen LogP contribution in [0.3, 0.4) is 0 Å². The molecule has 6 nitrogen and oxygen atoms in total. The molecular weight excluding hydrogens is 284 g/mol. The summed E-state index contributed by atoms with van der Waals surface area (Å²) in [6.07, 6.45) is 4.48. The van der Waals surface area contributed by atoms with Crippen molar-refractivity contribution in [1.82, 2.24) is 5.32 Å². The average Bonchev–Trinajstić information content (AvgIpc) is 2.97. The Morgan fingerprint density at radius 1 is 1.32 bits per heavy atom. The average molecular weight is 302 g/mol. The first-order valence-corrected chi connectivity index (χ1v) is 7.03. The van der Waals surface area contributed by atoms with Gasteiger partial charge >= 0.3 is 5.97 Å². The van der Waals surface area contributed by atoms with E-state index in [1.165, 1.54) is 13.2 Å². The van der Waals surface area contributed by atoms with E-state index >= 15 is 0 Å². The number of ether oxygens (including phenoxy) is 1. The van der Waals surface area contributed by atoms with Crippen LogP contribution >= 0.6 is 0 Å². The van der Waals surface area contributed by atoms with Crippen molar-refractivity contribution in [3.05, 3.63) is 35.9 Å². The van der Waals surface area contributed by atoms with E-state index < -0.39 is 5.97 Å². The van der Waals surface area contributed by atoms with Crippen molar-refractivity contribution in [2.24, 2.45) is 0 Å². The zero-order valence-electron chi connectivity index (χ0n) is 12.4. The Bertz CT molecular complexity index is 593. The lowest BCUT2D eigenvalue weighted by Gasteiger charge is -2.15. The monoisotopic (exact) mass is 302 g/mol. The van der Waals surface area contributed by atoms with Gasteiger partial charge in [-0.05, 0) is 30.2 Å². The van der Waals surface area contributed by atoms with Crippen LogP contribution in [0.25, 0.3) is 6.08 Å². The van der Waals surface area contributed by atoms with E-state index in [0.717, 1.165) is 24.2 Å². The molecule has 6 heteroatoms. The molecule has 1 saturated heterocycles. The molecule has 116 valence electrons. The van der Waals surface area contributed by atoms with Crippen molar-refractivity contribution in [3.63, 3.8) is 0 Å². The summed E-state index contributed by atoms with van der Waals surface area (Å²) in [5, 5.41) is 2.41. The van der Waals surface area contributed by atoms with Gasteiger partial charge in [0.1, 0.15) is 6.54 Å². The molecule has 1 fully saturated rings. The number of esters is 1. The van der Waals surface area contributed by atoms with E-state index in [4.69, 9.17) is 0 Å². The highest BCUT2D eigenvalue weighted by Gasteiger charge is 2.21. The summed E-state index contributed by atoms with van der Waals surface area (Å²) < 4.78 is 4.42. The second-order valence-corrected chi connectivity index (χ2v) is 4.87. The summed E-state index contributed by atoms with van der Waals surface area (Å²) in [4.78, 5) is 35.8. The van der Waals surface area contributed by atoms with Gasteiger partial charge in [0, 0.05) is 24.7 Å². The summed E-state index contributed by atoms with van der Waals surface area (Å²) in [5.41, 5.74) is 1.71. The first-order chi connectivity index (χ1) is 10.6. The number of hydrogen-bond donors (Lipinski definition) is 1. The second kappa shape index (κ2) is 7.40. The molecule has 1 N–H and O–H groups in total. The van der Waals surface area contributed by atoms with Gasteiger partial charge in [-0.3, -0.25) is 14.4 Å². The Morgan fingerprint density at radius 2 is 2.05 bits per heavy atom. The predicted octanol–water partition coefficient (Wildman–Crippen LogP) is 1.12. The van der Waals surface area contributed by atoms with Crippen LogP contribution in [0.1, 0.15) is 18.4 Å². The van der Waals surface area contributed by atoms with Crippen LogP contribution in [0.4, 0.5) is 5.69 Å². The van der Waals surface area contributed by atoms with Crippen molar-refractivity contribution in [2.45, 2.75) is 12.8 Å². The van der Waals surface area contributed by atoms with Crippen LogP contribution < -0.4 is 10.2 Å². The van der Waals surface area contributed by atoms with E-state index in [0.29, 0.717) is 6.42 Å². The van der Waals surface area contributed by atoms with E-state index in [-0.39, 0.29) is 18.4 Å². The third-order valence-electron chi connectivity index (χ3n) is 3.34. The van der Waals surface area contributed by atoms with Gasteiger partial charge < -0.3 is 15.0 Å². The van der Waals surface area contributed by atoms with Crippen molar-refractivity contribution >= 4 is 29.5 Å². The van der Waals surface area contributed by atoms with Crippen molar-refractivity contribution < 1.29 is 19.1 Å². The Kier molecular flexibility index (Phi) is 5.30. The maximum atomic E-state index is 11.6. The molecule has 22 heavy (non-hydrogen) atoms. The van der Waals surface area contributed by atoms with Crippen LogP contribution in [-0.2, 0) is 19.1 Å². The number of benzene rings is 1. The van der Waals surface area contributed by atoms with E-state index in [2.05, 4.69) is 10.1 Å². The van der Waals surface area contributed by atoms with Crippen molar-refractivity contribution in [1.29, 1.82) is 0 Å². The molecule has 1 aliphatic heterocycles. The van der Waals surface area contributed by atoms with Crippen LogP contribution in [0.15, 0.2) is 30.3 Å². The van der Waals surface area contributed by atoms with Crippen LogP contribution in [0.2, 0.25) is 0 Å². The summed E-state index contributed by atoms with van der Waals surface area (Å²) in [6.45, 7) is 0.597. The molecule has 0 atom stereocenters. The van der Waals surface area contributed by atoms with Crippen LogP contribution in [0.5, 0.6) is 0 Å². The van der Waals surface area contributed by atoms with E-state index in [9.17, 15) is 14.4 Å². The fourth-order valence-corrected chi connectivity index (χ4v) is 2.15. The quantitative estimate of drug-likeness (QED) is 0.653. The third-order valence-corrected chi connectivity index (χ3v) is 3.34. The molecule has 0 unspecified atom stereocenters. The normalized spacial score (nSPS) is 14.4. The highest BCUT2D eigenvalue weighted by Crippen LogP contribution is 2.21. The summed E-state index contributed by atoms with van der Waals surface area (Å²) in [5.74, 6) is -0.726. The van der Waals surface area contributed by atoms with E-state index in [1.54, 1.807) is 11.0 Å². The lowest BCUT2D eigenvalue weighted by atomic mass is 10.2. The molecule has 0 aliphatic carbocycles. The maximum Gasteiger partial charge on any atom is 0.325 e. The highest BCUT2D eigenvalue weighted by atomic mass is 16.5. The van der Waals surface area contributed by atoms with Crippen LogP contribution in [-0.4, -0.2) is 38.0 Å². The maximum absolute atomic E-state index is 11.6. The predicted molar refractivity (Wildman–Crippen MR) is 82.1 cm³/mol. The fourth-order valence-electron chi connectivity index (χ4n) is 2.15. The first-order valence-electron chi connectivity index (χ1n) is 7.03. The minimum absolute atomic E-state index is 0.144. The van der Waals surface area contributed by atoms with Gasteiger partial charge in [-0.25, -0.2) is 0 Å². The van der Waals surface area contributed by atoms with E-state index in [1.807, 2.05) is 24.3 Å². The minimum Gasteiger partial charge on any atom is -0.468 e. The minimum atomic E-state index is -0.499. The SMILES string of the molecule is COC(=O)CNC(=O)/C=C/c1ccc(N2CCCC2=O)cc1. The van der Waals surface area contributed by atoms with Gasteiger partial charge in [0.25, 0.3) is 0 Å². The molecule has 1 heterocycles. The fraction of sp³-hybridized carbons (Fsp3) is 0.312. The molecule has 0 aromatic heterocycles. The zero-order chi connectivity index (χ0) is 15.9. The highest BCUT2D eigenvalue weighted by molar-refractivity contribution is 5.96. The topological polar surface area (TPSA) is 75.7 Å². The van der Waals surface area contributed by atoms with Gasteiger partial charge in [0.05, 0.1) is 7.11 Å². The van der Waals surface area contributed by atoms with Gasteiger partial charge in [0.15, 0.2) is 0 Å². The molecule has 2 amide bonds. The summed E-state index contributed by atoms with van der Waals surface area (Å²) in [7, 11) is 1.26. The van der Waals surface area contributed by atoms with Gasteiger partial charge in [-0.1, -0.05) is 12.1 Å². The molecular formula is C16H18N2O4. The van der Waals surface area contributed by atoms with Gasteiger partial charge in [-0.2, -0.15) is 0 Å². The van der Waals surface area contributed by atoms with Crippen molar-refractivity contribution in [2.75, 3.05) is 25.1 Å². The number of methoxy groups -OCH3 is 1. The number of carbonyl (C=O) groups excluding carboxylic acids is 3. The number of carbonyl (C=O) groups is 3. The first kappa shape index (κ1) is 15.8. The number of nitrogens with zero attached hydrogens (tertiary/aromatic N) is 1. The number of amides is 2. The molecule has 0 bridgehead atoms. The molecule has 1 aliphatic rings. The smallest absolute Gasteiger partial charge is 0.325 e. The molecule has 1 aromatic rings. The zero-order valence-corrected chi connectivity index (χ0v) is 12.4. The lowest BCUT2D eigenvalue weighted by Crippen LogP contribution is -2.28. The standard InChI is InChI=1S/C16H18N2O4/c1-22-16(21)11-17-14(19)9-6-12-4-7-13(8-5-12)18-10-2-3-15(18)20/h4-9H,2-3,10-11H2,1H3,(H,17,19)/b9-6+. The molecule has 1 aromatic carbocycles. The Morgan fingerprint density at radius 3 is 2.64 bits per heavy atom. The number of hydrogen-bond acceptors (Lipinski definition) is 4. The number of rotatable bonds is 5. The third kappa shape index (κ3) is 4.18. The molecule has 0 spiro atoms. The Labute approximate surface area is 128 Å². The second-order valence-electron chi connectivity index (χ2n) is 4.87. The number of anilines is 1. The van der Waals surface area contributed by atoms with Crippen molar-refractivity contribution in [3.8, 4) is 0 Å². The number of nitrogens with one attached hydrogen (secondary N) is 1. The van der Waals surface area contributed by atoms with Gasteiger partial charge in [-0.15, -0.1) is 0 Å². The molecule has 0 saturated carbocycles. The Balaban J connectivity index is 1.90. The molecule has 2 rings (SSSR count). The van der Waals surface area contributed by atoms with Gasteiger partial charge in [0.2, 0.25) is 11.8 Å². The largest absolute Gasteiger partial charge is 0.468 e. The lowest BCUT2D eigenvalue weighted by molar-refractivity contribution is -0.140. The Hall–Kier alpha value is -2.63. The van der Waals surface area contributed by atoms with Crippen LogP contribution in [0, 0.1) is 0 Å². The summed E-state index contributed by atoms with van der Waals surface area (Å²) in [6, 6.07) is 7.39. The summed E-state index contributed by atoms with van der Waals surface area (Å²) >= 11 is 0.